The van der Waals surface area contributed by atoms with Crippen LogP contribution in [-0.2, 0) is 12.8 Å². The van der Waals surface area contributed by atoms with E-state index in [0.717, 1.165) is 18.5 Å². The number of aromatic nitrogens is 1. The van der Waals surface area contributed by atoms with Gasteiger partial charge >= 0.3 is 0 Å². The van der Waals surface area contributed by atoms with E-state index in [4.69, 9.17) is 5.73 Å². The average molecular weight is 244 g/mol. The Balaban J connectivity index is 2.37. The second kappa shape index (κ2) is 4.95. The molecule has 0 aliphatic heterocycles. The van der Waals surface area contributed by atoms with Crippen LogP contribution in [0.15, 0.2) is 6.07 Å². The molecule has 1 aliphatic rings. The van der Waals surface area contributed by atoms with E-state index in [0.29, 0.717) is 17.9 Å². The number of nitrogens with one attached hydrogen (secondary N) is 1. The number of nitrogens with zero attached hydrogens (tertiary/aromatic N) is 2. The van der Waals surface area contributed by atoms with E-state index in [9.17, 15) is 5.26 Å². The van der Waals surface area contributed by atoms with Crippen molar-refractivity contribution >= 4 is 5.82 Å². The molecule has 0 unspecified atom stereocenters. The van der Waals surface area contributed by atoms with Crippen LogP contribution in [0.4, 0.5) is 5.82 Å². The van der Waals surface area contributed by atoms with Crippen molar-refractivity contribution in [2.24, 2.45) is 5.73 Å². The van der Waals surface area contributed by atoms with Crippen molar-refractivity contribution in [1.82, 2.24) is 4.98 Å². The summed E-state index contributed by atoms with van der Waals surface area (Å²) in [6, 6.07) is 4.21. The second-order valence-electron chi connectivity index (χ2n) is 5.52. The maximum atomic E-state index is 9.23. The molecular weight excluding hydrogens is 224 g/mol. The van der Waals surface area contributed by atoms with Crippen molar-refractivity contribution in [2.75, 3.05) is 11.9 Å². The van der Waals surface area contributed by atoms with Gasteiger partial charge in [0.1, 0.15) is 11.9 Å². The number of aryl methyl sites for hydroxylation is 2. The molecule has 1 aromatic heterocycles. The SMILES string of the molecule is CC(C)(CN)Nc1nc2c(cc1C#N)CCCC2. The summed E-state index contributed by atoms with van der Waals surface area (Å²) in [5.74, 6) is 0.675. The van der Waals surface area contributed by atoms with E-state index in [1.807, 2.05) is 19.9 Å². The molecule has 0 radical (unpaired) electrons. The summed E-state index contributed by atoms with van der Waals surface area (Å²) in [5, 5.41) is 12.5. The first kappa shape index (κ1) is 12.8. The van der Waals surface area contributed by atoms with Gasteiger partial charge in [0.15, 0.2) is 0 Å². The third kappa shape index (κ3) is 2.62. The van der Waals surface area contributed by atoms with Gasteiger partial charge in [-0.3, -0.25) is 0 Å². The highest BCUT2D eigenvalue weighted by Gasteiger charge is 2.20. The number of nitrogens with two attached hydrogens (primary N) is 1. The Kier molecular flexibility index (Phi) is 3.53. The number of nitriles is 1. The Morgan fingerprint density at radius 3 is 2.83 bits per heavy atom. The number of pyridine rings is 1. The lowest BCUT2D eigenvalue weighted by molar-refractivity contribution is 0.575. The normalized spacial score (nSPS) is 14.8. The molecule has 0 saturated heterocycles. The van der Waals surface area contributed by atoms with Gasteiger partial charge in [0.2, 0.25) is 0 Å². The van der Waals surface area contributed by atoms with E-state index >= 15 is 0 Å². The minimum absolute atomic E-state index is 0.249. The Bertz CT molecular complexity index is 485. The monoisotopic (exact) mass is 244 g/mol. The van der Waals surface area contributed by atoms with Gasteiger partial charge in [0.25, 0.3) is 0 Å². The summed E-state index contributed by atoms with van der Waals surface area (Å²) < 4.78 is 0. The lowest BCUT2D eigenvalue weighted by Crippen LogP contribution is -2.39. The van der Waals surface area contributed by atoms with Gasteiger partial charge in [-0.25, -0.2) is 4.98 Å². The van der Waals surface area contributed by atoms with Crippen LogP contribution in [0.5, 0.6) is 0 Å². The fraction of sp³-hybridized carbons (Fsp3) is 0.571. The maximum absolute atomic E-state index is 9.23. The molecule has 4 nitrogen and oxygen atoms in total. The summed E-state index contributed by atoms with van der Waals surface area (Å²) in [6.07, 6.45) is 4.43. The zero-order chi connectivity index (χ0) is 13.2. The van der Waals surface area contributed by atoms with E-state index in [-0.39, 0.29) is 5.54 Å². The van der Waals surface area contributed by atoms with E-state index in [1.54, 1.807) is 0 Å². The molecule has 0 saturated carbocycles. The van der Waals surface area contributed by atoms with Crippen molar-refractivity contribution in [3.8, 4) is 6.07 Å². The first-order valence-corrected chi connectivity index (χ1v) is 6.47. The quantitative estimate of drug-likeness (QED) is 0.852. The molecule has 1 aromatic rings. The van der Waals surface area contributed by atoms with Gasteiger partial charge in [-0.05, 0) is 51.2 Å². The highest BCUT2D eigenvalue weighted by molar-refractivity contribution is 5.55. The molecule has 0 bridgehead atoms. The molecule has 0 fully saturated rings. The van der Waals surface area contributed by atoms with Gasteiger partial charge in [0, 0.05) is 17.8 Å². The van der Waals surface area contributed by atoms with Crippen molar-refractivity contribution in [3.05, 3.63) is 22.9 Å². The summed E-state index contributed by atoms with van der Waals surface area (Å²) >= 11 is 0. The molecule has 3 N–H and O–H groups in total. The smallest absolute Gasteiger partial charge is 0.144 e. The number of rotatable bonds is 3. The highest BCUT2D eigenvalue weighted by Crippen LogP contribution is 2.25. The maximum Gasteiger partial charge on any atom is 0.144 e. The van der Waals surface area contributed by atoms with Crippen LogP contribution < -0.4 is 11.1 Å². The second-order valence-corrected chi connectivity index (χ2v) is 5.52. The van der Waals surface area contributed by atoms with Crippen molar-refractivity contribution in [1.29, 1.82) is 5.26 Å². The lowest BCUT2D eigenvalue weighted by Gasteiger charge is -2.26. The first-order valence-electron chi connectivity index (χ1n) is 6.47. The Labute approximate surface area is 108 Å². The fourth-order valence-corrected chi connectivity index (χ4v) is 2.19. The predicted molar refractivity (Wildman–Crippen MR) is 72.4 cm³/mol. The molecule has 0 atom stereocenters. The number of hydrogen-bond donors (Lipinski definition) is 2. The number of hydrogen-bond acceptors (Lipinski definition) is 4. The summed E-state index contributed by atoms with van der Waals surface area (Å²) in [4.78, 5) is 4.63. The lowest BCUT2D eigenvalue weighted by atomic mass is 9.94. The zero-order valence-corrected chi connectivity index (χ0v) is 11.1. The van der Waals surface area contributed by atoms with E-state index in [1.165, 1.54) is 18.4 Å². The van der Waals surface area contributed by atoms with Gasteiger partial charge in [-0.1, -0.05) is 0 Å². The Morgan fingerprint density at radius 1 is 1.44 bits per heavy atom. The first-order chi connectivity index (χ1) is 8.55. The topological polar surface area (TPSA) is 74.7 Å². The van der Waals surface area contributed by atoms with Gasteiger partial charge < -0.3 is 11.1 Å². The van der Waals surface area contributed by atoms with Gasteiger partial charge in [-0.2, -0.15) is 5.26 Å². The zero-order valence-electron chi connectivity index (χ0n) is 11.1. The number of fused-ring (bicyclic) bond motifs is 1. The predicted octanol–water partition coefficient (Wildman–Crippen LogP) is 1.98. The standard InChI is InChI=1S/C14H20N4/c1-14(2,9-16)18-13-11(8-15)7-10-5-3-4-6-12(10)17-13/h7H,3-6,9,16H2,1-2H3,(H,17,18). The largest absolute Gasteiger partial charge is 0.363 e. The number of anilines is 1. The van der Waals surface area contributed by atoms with E-state index in [2.05, 4.69) is 16.4 Å². The van der Waals surface area contributed by atoms with Crippen LogP contribution in [0.2, 0.25) is 0 Å². The molecule has 0 aromatic carbocycles. The third-order valence-electron chi connectivity index (χ3n) is 3.39. The van der Waals surface area contributed by atoms with Crippen LogP contribution >= 0.6 is 0 Å². The molecule has 0 spiro atoms. The van der Waals surface area contributed by atoms with Crippen LogP contribution in [-0.4, -0.2) is 17.1 Å². The average Bonchev–Trinajstić information content (AvgIpc) is 2.37. The molecule has 4 heteroatoms. The summed E-state index contributed by atoms with van der Waals surface area (Å²) in [6.45, 7) is 4.52. The Hall–Kier alpha value is -1.60. The van der Waals surface area contributed by atoms with Crippen molar-refractivity contribution in [3.63, 3.8) is 0 Å². The Morgan fingerprint density at radius 2 is 2.17 bits per heavy atom. The minimum atomic E-state index is -0.249. The van der Waals surface area contributed by atoms with Crippen molar-refractivity contribution < 1.29 is 0 Å². The third-order valence-corrected chi connectivity index (χ3v) is 3.39. The minimum Gasteiger partial charge on any atom is -0.363 e. The van der Waals surface area contributed by atoms with Crippen LogP contribution in [0.1, 0.15) is 43.5 Å². The fourth-order valence-electron chi connectivity index (χ4n) is 2.19. The molecule has 18 heavy (non-hydrogen) atoms. The van der Waals surface area contributed by atoms with Crippen molar-refractivity contribution in [2.45, 2.75) is 45.1 Å². The van der Waals surface area contributed by atoms with Gasteiger partial charge in [-0.15, -0.1) is 0 Å². The molecule has 1 aliphatic carbocycles. The highest BCUT2D eigenvalue weighted by atomic mass is 15.1. The van der Waals surface area contributed by atoms with Gasteiger partial charge in [0.05, 0.1) is 5.56 Å². The van der Waals surface area contributed by atoms with Crippen LogP contribution in [0, 0.1) is 11.3 Å². The molecular formula is C14H20N4. The summed E-state index contributed by atoms with van der Waals surface area (Å²) in [7, 11) is 0. The summed E-state index contributed by atoms with van der Waals surface area (Å²) in [5.41, 5.74) is 8.45. The van der Waals surface area contributed by atoms with Crippen LogP contribution in [0.25, 0.3) is 0 Å². The molecule has 96 valence electrons. The molecule has 1 heterocycles. The molecule has 0 amide bonds. The van der Waals surface area contributed by atoms with Crippen LogP contribution in [0.3, 0.4) is 0 Å². The van der Waals surface area contributed by atoms with E-state index < -0.39 is 0 Å². The molecule has 2 rings (SSSR count).